The van der Waals surface area contributed by atoms with Gasteiger partial charge in [0.2, 0.25) is 0 Å². The standard InChI is InChI=1S/C34H34O6/c1-5-40-34(39)29-16-27-14-25-10-19(3)8-23(31(25)36)12-21-6-18(2)7-22(30(21)35)13-24-9-20(4)11-26(32(24)37)15-28(17-29)33(27)38/h6-11,16-17,35-38H,5,12-15H2,1-4H3. The van der Waals surface area contributed by atoms with Crippen molar-refractivity contribution in [2.24, 2.45) is 0 Å². The lowest BCUT2D eigenvalue weighted by molar-refractivity contribution is 0.0526. The summed E-state index contributed by atoms with van der Waals surface area (Å²) in [7, 11) is 0. The van der Waals surface area contributed by atoms with Crippen LogP contribution in [0.4, 0.5) is 0 Å². The van der Waals surface area contributed by atoms with Crippen LogP contribution in [-0.2, 0) is 30.4 Å². The molecule has 1 aliphatic carbocycles. The molecule has 0 heterocycles. The summed E-state index contributed by atoms with van der Waals surface area (Å²) in [6, 6.07) is 14.5. The highest BCUT2D eigenvalue weighted by atomic mass is 16.5. The van der Waals surface area contributed by atoms with E-state index in [1.807, 2.05) is 57.2 Å². The monoisotopic (exact) mass is 538 g/mol. The highest BCUT2D eigenvalue weighted by molar-refractivity contribution is 5.90. The summed E-state index contributed by atoms with van der Waals surface area (Å²) < 4.78 is 5.26. The number of phenols is 4. The summed E-state index contributed by atoms with van der Waals surface area (Å²) in [5.41, 5.74) is 7.88. The minimum atomic E-state index is -0.507. The van der Waals surface area contributed by atoms with E-state index in [9.17, 15) is 25.2 Å². The van der Waals surface area contributed by atoms with Crippen molar-refractivity contribution in [1.29, 1.82) is 0 Å². The van der Waals surface area contributed by atoms with Crippen molar-refractivity contribution in [3.05, 3.63) is 115 Å². The van der Waals surface area contributed by atoms with Gasteiger partial charge in [-0.2, -0.15) is 0 Å². The molecule has 40 heavy (non-hydrogen) atoms. The summed E-state index contributed by atoms with van der Waals surface area (Å²) in [5.74, 6) is -0.192. The average molecular weight is 539 g/mol. The third-order valence-electron chi connectivity index (χ3n) is 7.54. The second-order valence-corrected chi connectivity index (χ2v) is 10.9. The molecule has 4 aromatic rings. The normalized spacial score (nSPS) is 12.7. The fraction of sp³-hybridized carbons (Fsp3) is 0.265. The lowest BCUT2D eigenvalue weighted by Gasteiger charge is -2.19. The summed E-state index contributed by atoms with van der Waals surface area (Å²) in [4.78, 5) is 12.8. The van der Waals surface area contributed by atoms with Crippen molar-refractivity contribution >= 4 is 5.97 Å². The predicted octanol–water partition coefficient (Wildman–Crippen LogP) is 6.29. The zero-order valence-corrected chi connectivity index (χ0v) is 23.3. The molecule has 4 N–H and O–H groups in total. The number of ether oxygens (including phenoxy) is 1. The number of phenolic OH excluding ortho intramolecular Hbond substituents is 4. The van der Waals surface area contributed by atoms with E-state index >= 15 is 0 Å². The molecule has 0 amide bonds. The summed E-state index contributed by atoms with van der Waals surface area (Å²) in [6.07, 6.45) is 0.934. The zero-order chi connectivity index (χ0) is 28.7. The van der Waals surface area contributed by atoms with Gasteiger partial charge in [-0.25, -0.2) is 4.79 Å². The van der Waals surface area contributed by atoms with E-state index in [1.165, 1.54) is 0 Å². The van der Waals surface area contributed by atoms with Gasteiger partial charge in [0.05, 0.1) is 12.2 Å². The van der Waals surface area contributed by atoms with Crippen LogP contribution in [0, 0.1) is 20.8 Å². The number of aryl methyl sites for hydroxylation is 3. The molecule has 4 aromatic carbocycles. The van der Waals surface area contributed by atoms with Gasteiger partial charge >= 0.3 is 5.97 Å². The van der Waals surface area contributed by atoms with Gasteiger partial charge in [0, 0.05) is 25.7 Å². The third-order valence-corrected chi connectivity index (χ3v) is 7.54. The summed E-state index contributed by atoms with van der Waals surface area (Å²) >= 11 is 0. The topological polar surface area (TPSA) is 107 Å². The van der Waals surface area contributed by atoms with Crippen LogP contribution in [-0.4, -0.2) is 33.0 Å². The van der Waals surface area contributed by atoms with Crippen LogP contribution in [0.15, 0.2) is 48.5 Å². The molecule has 0 aromatic heterocycles. The van der Waals surface area contributed by atoms with E-state index in [2.05, 4.69) is 0 Å². The van der Waals surface area contributed by atoms with Crippen LogP contribution in [0.3, 0.4) is 0 Å². The van der Waals surface area contributed by atoms with Gasteiger partial charge in [0.1, 0.15) is 23.0 Å². The van der Waals surface area contributed by atoms with Crippen molar-refractivity contribution in [1.82, 2.24) is 0 Å². The van der Waals surface area contributed by atoms with E-state index in [0.29, 0.717) is 62.9 Å². The average Bonchev–Trinajstić information content (AvgIpc) is 2.89. The fourth-order valence-electron chi connectivity index (χ4n) is 5.79. The first kappa shape index (κ1) is 27.1. The smallest absolute Gasteiger partial charge is 0.338 e. The number of benzene rings is 4. The van der Waals surface area contributed by atoms with E-state index in [-0.39, 0.29) is 42.4 Å². The van der Waals surface area contributed by atoms with Crippen molar-refractivity contribution in [3.63, 3.8) is 0 Å². The van der Waals surface area contributed by atoms with Crippen molar-refractivity contribution in [2.45, 2.75) is 53.4 Å². The maximum atomic E-state index is 12.8. The summed E-state index contributed by atoms with van der Waals surface area (Å²) in [6.45, 7) is 7.77. The fourth-order valence-corrected chi connectivity index (χ4v) is 5.79. The van der Waals surface area contributed by atoms with Crippen molar-refractivity contribution in [3.8, 4) is 23.0 Å². The van der Waals surface area contributed by atoms with Gasteiger partial charge < -0.3 is 25.2 Å². The number of aromatic hydroxyl groups is 4. The largest absolute Gasteiger partial charge is 0.507 e. The maximum absolute atomic E-state index is 12.8. The van der Waals surface area contributed by atoms with Crippen molar-refractivity contribution < 1.29 is 30.0 Å². The Morgan fingerprint density at radius 1 is 0.550 bits per heavy atom. The Labute approximate surface area is 234 Å². The second kappa shape index (κ2) is 10.6. The van der Waals surface area contributed by atoms with Crippen LogP contribution in [0.1, 0.15) is 78.5 Å². The molecule has 0 saturated heterocycles. The number of hydrogen-bond donors (Lipinski definition) is 4. The summed E-state index contributed by atoms with van der Waals surface area (Å²) in [5, 5.41) is 45.4. The Morgan fingerprint density at radius 3 is 1.05 bits per heavy atom. The lowest BCUT2D eigenvalue weighted by atomic mass is 9.89. The second-order valence-electron chi connectivity index (χ2n) is 10.9. The first-order valence-corrected chi connectivity index (χ1v) is 13.5. The molecule has 0 radical (unpaired) electrons. The highest BCUT2D eigenvalue weighted by Gasteiger charge is 2.22. The Kier molecular flexibility index (Phi) is 7.19. The third kappa shape index (κ3) is 5.22. The Bertz CT molecular complexity index is 1540. The maximum Gasteiger partial charge on any atom is 0.338 e. The molecule has 0 atom stereocenters. The number of carbonyl (C=O) groups is 1. The molecule has 1 aliphatic rings. The zero-order valence-electron chi connectivity index (χ0n) is 23.3. The van der Waals surface area contributed by atoms with Crippen LogP contribution in [0.2, 0.25) is 0 Å². The molecule has 206 valence electrons. The van der Waals surface area contributed by atoms with Crippen LogP contribution >= 0.6 is 0 Å². The van der Waals surface area contributed by atoms with E-state index in [0.717, 1.165) is 16.7 Å². The predicted molar refractivity (Wildman–Crippen MR) is 154 cm³/mol. The molecule has 0 saturated carbocycles. The van der Waals surface area contributed by atoms with Gasteiger partial charge in [0.15, 0.2) is 0 Å². The minimum Gasteiger partial charge on any atom is -0.507 e. The highest BCUT2D eigenvalue weighted by Crippen LogP contribution is 2.39. The molecule has 6 nitrogen and oxygen atoms in total. The first-order chi connectivity index (χ1) is 19.0. The SMILES string of the molecule is CCOC(=O)c1cc2c(O)c(c1)Cc1cc(C)cc(c1O)Cc1cc(C)cc(c1O)Cc1cc(C)cc(c1O)C2. The quantitative estimate of drug-likeness (QED) is 0.197. The number of hydrogen-bond acceptors (Lipinski definition) is 6. The minimum absolute atomic E-state index is 0.00328. The molecule has 5 rings (SSSR count). The molecule has 0 aliphatic heterocycles. The Morgan fingerprint density at radius 2 is 0.800 bits per heavy atom. The van der Waals surface area contributed by atoms with Crippen molar-refractivity contribution in [2.75, 3.05) is 6.61 Å². The number of rotatable bonds is 2. The van der Waals surface area contributed by atoms with Gasteiger partial charge in [-0.15, -0.1) is 0 Å². The Hall–Kier alpha value is -4.45. The molecule has 8 bridgehead atoms. The lowest BCUT2D eigenvalue weighted by Crippen LogP contribution is -2.08. The van der Waals surface area contributed by atoms with E-state index in [1.54, 1.807) is 19.1 Å². The first-order valence-electron chi connectivity index (χ1n) is 13.5. The van der Waals surface area contributed by atoms with Gasteiger partial charge in [-0.3, -0.25) is 0 Å². The van der Waals surface area contributed by atoms with E-state index < -0.39 is 5.97 Å². The number of esters is 1. The number of carbonyl (C=O) groups excluding carboxylic acids is 1. The van der Waals surface area contributed by atoms with Crippen LogP contribution < -0.4 is 0 Å². The molecule has 0 spiro atoms. The van der Waals surface area contributed by atoms with Crippen LogP contribution in [0.25, 0.3) is 0 Å². The van der Waals surface area contributed by atoms with Gasteiger partial charge in [-0.05, 0) is 84.3 Å². The van der Waals surface area contributed by atoms with Gasteiger partial charge in [0.25, 0.3) is 0 Å². The van der Waals surface area contributed by atoms with Gasteiger partial charge in [-0.1, -0.05) is 53.1 Å². The molecule has 0 unspecified atom stereocenters. The van der Waals surface area contributed by atoms with E-state index in [4.69, 9.17) is 4.74 Å². The molecular weight excluding hydrogens is 504 g/mol. The Balaban J connectivity index is 1.78. The number of fused-ring (bicyclic) bond motifs is 8. The molecule has 0 fully saturated rings. The van der Waals surface area contributed by atoms with Crippen LogP contribution in [0.5, 0.6) is 23.0 Å². The molecular formula is C34H34O6. The molecule has 6 heteroatoms.